The molecule has 0 atom stereocenters. The number of oxazole rings is 1. The van der Waals surface area contributed by atoms with E-state index in [0.29, 0.717) is 21.4 Å². The van der Waals surface area contributed by atoms with Crippen LogP contribution in [0.4, 0.5) is 5.69 Å². The molecule has 0 aliphatic heterocycles. The van der Waals surface area contributed by atoms with Crippen molar-refractivity contribution >= 4 is 23.4 Å². The maximum atomic E-state index is 11.3. The zero-order valence-electron chi connectivity index (χ0n) is 10.1. The Balaban J connectivity index is 2.38. The second kappa shape index (κ2) is 4.73. The first-order valence-electron chi connectivity index (χ1n) is 5.28. The van der Waals surface area contributed by atoms with Crippen molar-refractivity contribution in [3.8, 4) is 0 Å². The summed E-state index contributed by atoms with van der Waals surface area (Å²) in [7, 11) is 0. The number of rotatable bonds is 3. The average molecular weight is 263 g/mol. The third-order valence-corrected chi connectivity index (χ3v) is 3.38. The van der Waals surface area contributed by atoms with Gasteiger partial charge in [-0.05, 0) is 43.8 Å². The molecule has 0 unspecified atom stereocenters. The Morgan fingerprint density at radius 1 is 1.39 bits per heavy atom. The molecule has 1 heterocycles. The van der Waals surface area contributed by atoms with Gasteiger partial charge in [0.2, 0.25) is 5.91 Å². The quantitative estimate of drug-likeness (QED) is 0.827. The van der Waals surface area contributed by atoms with Crippen molar-refractivity contribution in [3.05, 3.63) is 35.2 Å². The van der Waals surface area contributed by atoms with E-state index in [1.54, 1.807) is 18.2 Å². The lowest BCUT2D eigenvalue weighted by molar-refractivity contribution is 0.0997. The smallest absolute Gasteiger partial charge is 0.261 e. The molecule has 18 heavy (non-hydrogen) atoms. The Bertz CT molecular complexity index is 588. The molecule has 0 bridgehead atoms. The minimum Gasteiger partial charge on any atom is -0.436 e. The van der Waals surface area contributed by atoms with Crippen LogP contribution in [0.1, 0.15) is 21.8 Å². The number of carbonyl (C=O) groups excluding carboxylic acids is 1. The van der Waals surface area contributed by atoms with Crippen LogP contribution >= 0.6 is 11.8 Å². The second-order valence-electron chi connectivity index (χ2n) is 3.84. The SMILES string of the molecule is Cc1nc(Sc2cc(N)ccc2C(N)=O)oc1C. The van der Waals surface area contributed by atoms with Crippen molar-refractivity contribution in [2.45, 2.75) is 24.0 Å². The minimum absolute atomic E-state index is 0.405. The fraction of sp³-hybridized carbons (Fsp3) is 0.167. The predicted octanol–water partition coefficient (Wildman–Crippen LogP) is 2.12. The van der Waals surface area contributed by atoms with Gasteiger partial charge in [-0.1, -0.05) is 0 Å². The van der Waals surface area contributed by atoms with Gasteiger partial charge < -0.3 is 15.9 Å². The number of nitrogen functional groups attached to an aromatic ring is 1. The van der Waals surface area contributed by atoms with Gasteiger partial charge in [-0.3, -0.25) is 4.79 Å². The van der Waals surface area contributed by atoms with Crippen molar-refractivity contribution in [2.75, 3.05) is 5.73 Å². The van der Waals surface area contributed by atoms with E-state index in [4.69, 9.17) is 15.9 Å². The molecule has 6 heteroatoms. The molecule has 2 rings (SSSR count). The predicted molar refractivity (Wildman–Crippen MR) is 69.5 cm³/mol. The van der Waals surface area contributed by atoms with Crippen LogP contribution in [0.15, 0.2) is 32.7 Å². The summed E-state index contributed by atoms with van der Waals surface area (Å²) in [5, 5.41) is 0.470. The first-order valence-corrected chi connectivity index (χ1v) is 6.10. The Labute approximate surface area is 109 Å². The maximum Gasteiger partial charge on any atom is 0.261 e. The first-order chi connectivity index (χ1) is 8.47. The third kappa shape index (κ3) is 2.48. The fourth-order valence-corrected chi connectivity index (χ4v) is 2.42. The van der Waals surface area contributed by atoms with E-state index in [-0.39, 0.29) is 0 Å². The Morgan fingerprint density at radius 2 is 2.11 bits per heavy atom. The molecule has 0 spiro atoms. The molecule has 0 aliphatic rings. The lowest BCUT2D eigenvalue weighted by atomic mass is 10.2. The highest BCUT2D eigenvalue weighted by atomic mass is 32.2. The van der Waals surface area contributed by atoms with Gasteiger partial charge in [0.1, 0.15) is 5.76 Å². The number of hydrogen-bond acceptors (Lipinski definition) is 5. The Kier molecular flexibility index (Phi) is 3.29. The van der Waals surface area contributed by atoms with Gasteiger partial charge in [0.25, 0.3) is 5.22 Å². The number of hydrogen-bond donors (Lipinski definition) is 2. The molecular formula is C12H13N3O2S. The molecule has 0 radical (unpaired) electrons. The first kappa shape index (κ1) is 12.5. The highest BCUT2D eigenvalue weighted by Gasteiger charge is 2.13. The third-order valence-electron chi connectivity index (χ3n) is 2.48. The molecule has 0 aliphatic carbocycles. The molecule has 0 saturated carbocycles. The normalized spacial score (nSPS) is 10.6. The fourth-order valence-electron chi connectivity index (χ4n) is 1.41. The number of carbonyl (C=O) groups is 1. The van der Waals surface area contributed by atoms with Gasteiger partial charge in [0.15, 0.2) is 0 Å². The van der Waals surface area contributed by atoms with E-state index in [2.05, 4.69) is 4.98 Å². The monoisotopic (exact) mass is 263 g/mol. The second-order valence-corrected chi connectivity index (χ2v) is 4.84. The number of aryl methyl sites for hydroxylation is 2. The van der Waals surface area contributed by atoms with Gasteiger partial charge >= 0.3 is 0 Å². The van der Waals surface area contributed by atoms with E-state index >= 15 is 0 Å². The zero-order valence-corrected chi connectivity index (χ0v) is 10.9. The lowest BCUT2D eigenvalue weighted by Crippen LogP contribution is -2.12. The lowest BCUT2D eigenvalue weighted by Gasteiger charge is -2.04. The van der Waals surface area contributed by atoms with Gasteiger partial charge in [-0.25, -0.2) is 4.98 Å². The van der Waals surface area contributed by atoms with Crippen LogP contribution in [0.2, 0.25) is 0 Å². The number of nitrogens with zero attached hydrogens (tertiary/aromatic N) is 1. The molecule has 1 amide bonds. The van der Waals surface area contributed by atoms with Crippen molar-refractivity contribution < 1.29 is 9.21 Å². The summed E-state index contributed by atoms with van der Waals surface area (Å²) < 4.78 is 5.45. The van der Waals surface area contributed by atoms with Crippen LogP contribution in [-0.4, -0.2) is 10.9 Å². The van der Waals surface area contributed by atoms with Gasteiger partial charge in [0.05, 0.1) is 11.3 Å². The summed E-state index contributed by atoms with van der Waals surface area (Å²) in [5.74, 6) is 0.250. The minimum atomic E-state index is -0.502. The number of nitrogens with two attached hydrogens (primary N) is 2. The molecular weight excluding hydrogens is 250 g/mol. The highest BCUT2D eigenvalue weighted by Crippen LogP contribution is 2.32. The van der Waals surface area contributed by atoms with E-state index < -0.39 is 5.91 Å². The van der Waals surface area contributed by atoms with Crippen LogP contribution in [0, 0.1) is 13.8 Å². The summed E-state index contributed by atoms with van der Waals surface area (Å²) in [5.41, 5.74) is 12.8. The van der Waals surface area contributed by atoms with Crippen molar-refractivity contribution in [1.82, 2.24) is 4.98 Å². The van der Waals surface area contributed by atoms with Crippen molar-refractivity contribution in [3.63, 3.8) is 0 Å². The number of aromatic nitrogens is 1. The summed E-state index contributed by atoms with van der Waals surface area (Å²) in [6, 6.07) is 4.92. The van der Waals surface area contributed by atoms with E-state index in [1.165, 1.54) is 11.8 Å². The van der Waals surface area contributed by atoms with Crippen LogP contribution < -0.4 is 11.5 Å². The summed E-state index contributed by atoms with van der Waals surface area (Å²) in [6.07, 6.45) is 0. The van der Waals surface area contributed by atoms with E-state index in [9.17, 15) is 4.79 Å². The Morgan fingerprint density at radius 3 is 2.67 bits per heavy atom. The summed E-state index contributed by atoms with van der Waals surface area (Å²) >= 11 is 1.23. The Hall–Kier alpha value is -1.95. The number of primary amides is 1. The highest BCUT2D eigenvalue weighted by molar-refractivity contribution is 7.99. The summed E-state index contributed by atoms with van der Waals surface area (Å²) in [4.78, 5) is 16.2. The summed E-state index contributed by atoms with van der Waals surface area (Å²) in [6.45, 7) is 3.69. The average Bonchev–Trinajstić information content (AvgIpc) is 2.57. The van der Waals surface area contributed by atoms with Gasteiger partial charge in [0, 0.05) is 10.6 Å². The van der Waals surface area contributed by atoms with Crippen molar-refractivity contribution in [2.24, 2.45) is 5.73 Å². The number of benzene rings is 1. The van der Waals surface area contributed by atoms with Crippen molar-refractivity contribution in [1.29, 1.82) is 0 Å². The molecule has 1 aromatic carbocycles. The van der Waals surface area contributed by atoms with E-state index in [0.717, 1.165) is 11.5 Å². The molecule has 0 fully saturated rings. The van der Waals surface area contributed by atoms with Crippen LogP contribution in [-0.2, 0) is 0 Å². The maximum absolute atomic E-state index is 11.3. The van der Waals surface area contributed by atoms with Gasteiger partial charge in [-0.2, -0.15) is 0 Å². The molecule has 94 valence electrons. The molecule has 1 aromatic heterocycles. The van der Waals surface area contributed by atoms with E-state index in [1.807, 2.05) is 13.8 Å². The topological polar surface area (TPSA) is 95.1 Å². The molecule has 2 aromatic rings. The largest absolute Gasteiger partial charge is 0.436 e. The molecule has 5 nitrogen and oxygen atoms in total. The molecule has 0 saturated heterocycles. The standard InChI is InChI=1S/C12H13N3O2S/c1-6-7(2)17-12(15-6)18-10-5-8(13)3-4-9(10)11(14)16/h3-5H,13H2,1-2H3,(H2,14,16). The molecule has 4 N–H and O–H groups in total. The van der Waals surface area contributed by atoms with Crippen LogP contribution in [0.25, 0.3) is 0 Å². The zero-order chi connectivity index (χ0) is 13.3. The number of amides is 1. The van der Waals surface area contributed by atoms with Crippen LogP contribution in [0.3, 0.4) is 0 Å². The number of anilines is 1. The van der Waals surface area contributed by atoms with Gasteiger partial charge in [-0.15, -0.1) is 0 Å². The van der Waals surface area contributed by atoms with Crippen LogP contribution in [0.5, 0.6) is 0 Å².